The van der Waals surface area contributed by atoms with E-state index in [0.29, 0.717) is 0 Å². The van der Waals surface area contributed by atoms with Crippen molar-refractivity contribution in [2.45, 2.75) is 38.4 Å². The summed E-state index contributed by atoms with van der Waals surface area (Å²) in [5.41, 5.74) is 0. The van der Waals surface area contributed by atoms with Crippen molar-refractivity contribution in [2.24, 2.45) is 0 Å². The van der Waals surface area contributed by atoms with Crippen molar-refractivity contribution in [3.8, 4) is 0 Å². The molecule has 0 aromatic heterocycles. The highest BCUT2D eigenvalue weighted by molar-refractivity contribution is 9.09. The number of unbranched alkanes of at least 4 members (excludes halogenated alkanes) is 3. The van der Waals surface area contributed by atoms with E-state index < -0.39 is 0 Å². The smallest absolute Gasteiger partial charge is 0.157 e. The number of hydrogen-bond donors (Lipinski definition) is 0. The molecule has 0 amide bonds. The van der Waals surface area contributed by atoms with E-state index in [1.807, 2.05) is 0 Å². The highest BCUT2D eigenvalue weighted by Crippen LogP contribution is 2.13. The predicted molar refractivity (Wildman–Crippen MR) is 52.6 cm³/mol. The van der Waals surface area contributed by atoms with Gasteiger partial charge in [-0.2, -0.15) is 0 Å². The maximum absolute atomic E-state index is 5.33. The summed E-state index contributed by atoms with van der Waals surface area (Å²) in [5, 5.41) is 1.13. The molecule has 0 radical (unpaired) electrons. The molecule has 0 bridgehead atoms. The van der Waals surface area contributed by atoms with E-state index in [-0.39, 0.29) is 6.29 Å². The number of alkyl halides is 1. The molecule has 1 saturated heterocycles. The second kappa shape index (κ2) is 6.87. The molecular formula is C9H17BrO2. The Morgan fingerprint density at radius 3 is 2.33 bits per heavy atom. The predicted octanol–water partition coefficient (Wildman–Crippen LogP) is 2.70. The van der Waals surface area contributed by atoms with Crippen molar-refractivity contribution >= 4 is 15.9 Å². The molecule has 72 valence electrons. The van der Waals surface area contributed by atoms with Gasteiger partial charge in [-0.1, -0.05) is 28.8 Å². The number of ether oxygens (including phenoxy) is 2. The Morgan fingerprint density at radius 1 is 1.00 bits per heavy atom. The second-order valence-electron chi connectivity index (χ2n) is 3.06. The third kappa shape index (κ3) is 4.43. The third-order valence-corrected chi connectivity index (χ3v) is 2.58. The van der Waals surface area contributed by atoms with Crippen LogP contribution in [0.5, 0.6) is 0 Å². The van der Waals surface area contributed by atoms with Gasteiger partial charge in [-0.05, 0) is 19.3 Å². The molecule has 1 aliphatic rings. The second-order valence-corrected chi connectivity index (χ2v) is 3.86. The summed E-state index contributed by atoms with van der Waals surface area (Å²) in [6.07, 6.45) is 6.31. The van der Waals surface area contributed by atoms with Gasteiger partial charge in [-0.25, -0.2) is 0 Å². The fourth-order valence-corrected chi connectivity index (χ4v) is 1.73. The van der Waals surface area contributed by atoms with Crippen LogP contribution in [0.1, 0.15) is 32.1 Å². The summed E-state index contributed by atoms with van der Waals surface area (Å²) in [6, 6.07) is 0. The summed E-state index contributed by atoms with van der Waals surface area (Å²) >= 11 is 3.42. The largest absolute Gasteiger partial charge is 0.350 e. The van der Waals surface area contributed by atoms with Crippen molar-refractivity contribution < 1.29 is 9.47 Å². The fraction of sp³-hybridized carbons (Fsp3) is 1.00. The molecule has 1 aliphatic heterocycles. The zero-order chi connectivity index (χ0) is 8.65. The van der Waals surface area contributed by atoms with Gasteiger partial charge in [-0.15, -0.1) is 0 Å². The van der Waals surface area contributed by atoms with E-state index >= 15 is 0 Å². The van der Waals surface area contributed by atoms with Gasteiger partial charge in [0.25, 0.3) is 0 Å². The van der Waals surface area contributed by atoms with Gasteiger partial charge < -0.3 is 9.47 Å². The summed E-state index contributed by atoms with van der Waals surface area (Å²) in [6.45, 7) is 1.57. The maximum atomic E-state index is 5.33. The molecule has 2 nitrogen and oxygen atoms in total. The first kappa shape index (κ1) is 10.5. The van der Waals surface area contributed by atoms with Gasteiger partial charge in [0.15, 0.2) is 6.29 Å². The summed E-state index contributed by atoms with van der Waals surface area (Å²) < 4.78 is 10.7. The quantitative estimate of drug-likeness (QED) is 0.522. The first-order chi connectivity index (χ1) is 5.93. The Hall–Kier alpha value is 0.400. The summed E-state index contributed by atoms with van der Waals surface area (Å²) in [4.78, 5) is 0. The van der Waals surface area contributed by atoms with Crippen LogP contribution >= 0.6 is 15.9 Å². The monoisotopic (exact) mass is 236 g/mol. The van der Waals surface area contributed by atoms with Crippen molar-refractivity contribution in [3.63, 3.8) is 0 Å². The molecule has 0 atom stereocenters. The molecule has 12 heavy (non-hydrogen) atoms. The summed E-state index contributed by atoms with van der Waals surface area (Å²) in [5.74, 6) is 0. The molecule has 0 unspecified atom stereocenters. The van der Waals surface area contributed by atoms with Crippen LogP contribution in [-0.4, -0.2) is 24.8 Å². The van der Waals surface area contributed by atoms with E-state index in [4.69, 9.17) is 9.47 Å². The molecule has 0 N–H and O–H groups in total. The third-order valence-electron chi connectivity index (χ3n) is 2.01. The molecular weight excluding hydrogens is 220 g/mol. The van der Waals surface area contributed by atoms with Crippen LogP contribution in [0.2, 0.25) is 0 Å². The molecule has 0 aromatic carbocycles. The first-order valence-electron chi connectivity index (χ1n) is 4.72. The molecule has 0 saturated carbocycles. The lowest BCUT2D eigenvalue weighted by Gasteiger charge is -2.07. The van der Waals surface area contributed by atoms with Gasteiger partial charge >= 0.3 is 0 Å². The van der Waals surface area contributed by atoms with E-state index in [1.165, 1.54) is 25.7 Å². The zero-order valence-electron chi connectivity index (χ0n) is 7.43. The van der Waals surface area contributed by atoms with Crippen molar-refractivity contribution in [1.29, 1.82) is 0 Å². The standard InChI is InChI=1S/C9H17BrO2/c10-6-4-2-1-3-5-9-11-7-8-12-9/h9H,1-8H2. The number of rotatable bonds is 6. The molecule has 0 aliphatic carbocycles. The Morgan fingerprint density at radius 2 is 1.67 bits per heavy atom. The normalized spacial score (nSPS) is 18.8. The molecule has 0 spiro atoms. The van der Waals surface area contributed by atoms with Crippen LogP contribution in [0.15, 0.2) is 0 Å². The molecule has 1 heterocycles. The van der Waals surface area contributed by atoms with Gasteiger partial charge in [0.05, 0.1) is 13.2 Å². The van der Waals surface area contributed by atoms with Crippen LogP contribution < -0.4 is 0 Å². The minimum atomic E-state index is 0.106. The maximum Gasteiger partial charge on any atom is 0.157 e. The molecule has 3 heteroatoms. The fourth-order valence-electron chi connectivity index (χ4n) is 1.33. The number of halogens is 1. The lowest BCUT2D eigenvalue weighted by atomic mass is 10.1. The van der Waals surface area contributed by atoms with Gasteiger partial charge in [-0.3, -0.25) is 0 Å². The SMILES string of the molecule is BrCCCCCCC1OCCO1. The molecule has 1 fully saturated rings. The van der Waals surface area contributed by atoms with Gasteiger partial charge in [0.1, 0.15) is 0 Å². The highest BCUT2D eigenvalue weighted by Gasteiger charge is 2.14. The summed E-state index contributed by atoms with van der Waals surface area (Å²) in [7, 11) is 0. The van der Waals surface area contributed by atoms with E-state index in [9.17, 15) is 0 Å². The van der Waals surface area contributed by atoms with E-state index in [0.717, 1.165) is 25.0 Å². The lowest BCUT2D eigenvalue weighted by molar-refractivity contribution is -0.0479. The first-order valence-corrected chi connectivity index (χ1v) is 5.85. The van der Waals surface area contributed by atoms with Crippen LogP contribution in [0.4, 0.5) is 0 Å². The minimum absolute atomic E-state index is 0.106. The van der Waals surface area contributed by atoms with Gasteiger partial charge in [0.2, 0.25) is 0 Å². The van der Waals surface area contributed by atoms with Crippen LogP contribution in [-0.2, 0) is 9.47 Å². The Balaban J connectivity index is 1.81. The number of hydrogen-bond acceptors (Lipinski definition) is 2. The minimum Gasteiger partial charge on any atom is -0.350 e. The van der Waals surface area contributed by atoms with Gasteiger partial charge in [0, 0.05) is 5.33 Å². The Bertz CT molecular complexity index is 103. The Kier molecular flexibility index (Phi) is 6.00. The average molecular weight is 237 g/mol. The highest BCUT2D eigenvalue weighted by atomic mass is 79.9. The zero-order valence-corrected chi connectivity index (χ0v) is 9.01. The van der Waals surface area contributed by atoms with Crippen LogP contribution in [0, 0.1) is 0 Å². The van der Waals surface area contributed by atoms with Crippen molar-refractivity contribution in [2.75, 3.05) is 18.5 Å². The Labute approximate surface area is 82.7 Å². The van der Waals surface area contributed by atoms with Crippen LogP contribution in [0.3, 0.4) is 0 Å². The van der Waals surface area contributed by atoms with Crippen molar-refractivity contribution in [3.05, 3.63) is 0 Å². The van der Waals surface area contributed by atoms with Crippen LogP contribution in [0.25, 0.3) is 0 Å². The lowest BCUT2D eigenvalue weighted by Crippen LogP contribution is -2.06. The van der Waals surface area contributed by atoms with E-state index in [2.05, 4.69) is 15.9 Å². The topological polar surface area (TPSA) is 18.5 Å². The van der Waals surface area contributed by atoms with E-state index in [1.54, 1.807) is 0 Å². The average Bonchev–Trinajstić information content (AvgIpc) is 2.57. The molecule has 0 aromatic rings. The molecule has 1 rings (SSSR count). The van der Waals surface area contributed by atoms with Crippen molar-refractivity contribution in [1.82, 2.24) is 0 Å².